The second kappa shape index (κ2) is 8.84. The number of nitrogens with two attached hydrogens (primary N) is 1. The Morgan fingerprint density at radius 3 is 2.41 bits per heavy atom. The second-order valence-electron chi connectivity index (χ2n) is 4.92. The van der Waals surface area contributed by atoms with E-state index in [9.17, 15) is 0 Å². The van der Waals surface area contributed by atoms with Gasteiger partial charge in [-0.1, -0.05) is 30.3 Å². The van der Waals surface area contributed by atoms with Gasteiger partial charge < -0.3 is 21.1 Å². The first-order valence-electron chi connectivity index (χ1n) is 7.42. The lowest BCUT2D eigenvalue weighted by Gasteiger charge is -2.12. The largest absolute Gasteiger partial charge is 0.393 e. The molecule has 0 aliphatic carbocycles. The Morgan fingerprint density at radius 2 is 1.73 bits per heavy atom. The lowest BCUT2D eigenvalue weighted by Crippen LogP contribution is -2.13. The minimum absolute atomic E-state index is 0.549. The number of rotatable bonds is 9. The average Bonchev–Trinajstić information content (AvgIpc) is 2.55. The van der Waals surface area contributed by atoms with Crippen LogP contribution in [-0.4, -0.2) is 36.8 Å². The number of nitrogen functional groups attached to an aromatic ring is 1. The highest BCUT2D eigenvalue weighted by Gasteiger charge is 2.07. The Kier molecular flexibility index (Phi) is 6.44. The molecule has 0 aliphatic heterocycles. The molecule has 1 aromatic heterocycles. The van der Waals surface area contributed by atoms with Gasteiger partial charge in [-0.05, 0) is 18.4 Å². The van der Waals surface area contributed by atoms with E-state index in [2.05, 4.69) is 32.7 Å². The van der Waals surface area contributed by atoms with Gasteiger partial charge in [0, 0.05) is 26.8 Å². The van der Waals surface area contributed by atoms with Gasteiger partial charge in [0.1, 0.15) is 12.0 Å². The van der Waals surface area contributed by atoms with Crippen LogP contribution < -0.4 is 16.4 Å². The van der Waals surface area contributed by atoms with Crippen LogP contribution in [0, 0.1) is 0 Å². The van der Waals surface area contributed by atoms with Crippen molar-refractivity contribution < 1.29 is 4.74 Å². The maximum atomic E-state index is 6.10. The molecule has 118 valence electrons. The summed E-state index contributed by atoms with van der Waals surface area (Å²) >= 11 is 0. The first-order chi connectivity index (χ1) is 10.8. The van der Waals surface area contributed by atoms with Gasteiger partial charge in [0.05, 0.1) is 0 Å². The van der Waals surface area contributed by atoms with Crippen LogP contribution >= 0.6 is 0 Å². The van der Waals surface area contributed by atoms with Gasteiger partial charge in [-0.2, -0.15) is 0 Å². The molecule has 2 aromatic rings. The fraction of sp³-hybridized carbons (Fsp3) is 0.375. The Balaban J connectivity index is 1.85. The summed E-state index contributed by atoms with van der Waals surface area (Å²) in [7, 11) is 1.69. The van der Waals surface area contributed by atoms with E-state index in [1.165, 1.54) is 11.9 Å². The molecular weight excluding hydrogens is 278 g/mol. The minimum Gasteiger partial charge on any atom is -0.393 e. The van der Waals surface area contributed by atoms with Crippen LogP contribution in [0.15, 0.2) is 36.7 Å². The number of hydrogen-bond acceptors (Lipinski definition) is 6. The van der Waals surface area contributed by atoms with Crippen LogP contribution in [0.4, 0.5) is 17.3 Å². The Labute approximate surface area is 131 Å². The number of ether oxygens (including phenoxy) is 1. The van der Waals surface area contributed by atoms with E-state index in [1.54, 1.807) is 7.11 Å². The van der Waals surface area contributed by atoms with Crippen LogP contribution in [0.3, 0.4) is 0 Å². The zero-order valence-electron chi connectivity index (χ0n) is 12.9. The maximum Gasteiger partial charge on any atom is 0.154 e. The van der Waals surface area contributed by atoms with Crippen molar-refractivity contribution in [1.29, 1.82) is 0 Å². The van der Waals surface area contributed by atoms with Crippen LogP contribution in [0.25, 0.3) is 0 Å². The van der Waals surface area contributed by atoms with Crippen LogP contribution in [0.2, 0.25) is 0 Å². The van der Waals surface area contributed by atoms with E-state index in [-0.39, 0.29) is 0 Å². The Morgan fingerprint density at radius 1 is 1.05 bits per heavy atom. The number of aromatic nitrogens is 2. The highest BCUT2D eigenvalue weighted by molar-refractivity contribution is 5.73. The van der Waals surface area contributed by atoms with E-state index < -0.39 is 0 Å². The maximum absolute atomic E-state index is 6.10. The van der Waals surface area contributed by atoms with Crippen LogP contribution in [0.1, 0.15) is 12.0 Å². The third-order valence-corrected chi connectivity index (χ3v) is 3.25. The summed E-state index contributed by atoms with van der Waals surface area (Å²) in [5.41, 5.74) is 7.92. The fourth-order valence-electron chi connectivity index (χ4n) is 2.07. The number of hydrogen-bond donors (Lipinski definition) is 3. The molecule has 22 heavy (non-hydrogen) atoms. The molecule has 0 saturated heterocycles. The molecule has 0 radical (unpaired) electrons. The van der Waals surface area contributed by atoms with Crippen molar-refractivity contribution in [1.82, 2.24) is 9.97 Å². The highest BCUT2D eigenvalue weighted by Crippen LogP contribution is 2.22. The minimum atomic E-state index is 0.549. The van der Waals surface area contributed by atoms with E-state index in [1.807, 2.05) is 18.2 Å². The fourth-order valence-corrected chi connectivity index (χ4v) is 2.07. The normalized spacial score (nSPS) is 10.4. The average molecular weight is 301 g/mol. The first kappa shape index (κ1) is 16.0. The van der Waals surface area contributed by atoms with Gasteiger partial charge in [-0.3, -0.25) is 0 Å². The summed E-state index contributed by atoms with van der Waals surface area (Å²) < 4.78 is 5.01. The van der Waals surface area contributed by atoms with Crippen LogP contribution in [-0.2, 0) is 11.2 Å². The second-order valence-corrected chi connectivity index (χ2v) is 4.92. The molecule has 2 rings (SSSR count). The Hall–Kier alpha value is -2.34. The standard InChI is InChI=1S/C16H23N5O/c1-22-11-5-9-18-15-14(17)16(21-12-20-15)19-10-8-13-6-3-2-4-7-13/h2-4,6-7,12H,5,8-11,17H2,1H3,(H2,18,19,20,21). The van der Waals surface area contributed by atoms with Gasteiger partial charge >= 0.3 is 0 Å². The summed E-state index contributed by atoms with van der Waals surface area (Å²) in [6, 6.07) is 10.3. The molecule has 1 heterocycles. The molecule has 4 N–H and O–H groups in total. The summed E-state index contributed by atoms with van der Waals surface area (Å²) in [4.78, 5) is 8.38. The summed E-state index contributed by atoms with van der Waals surface area (Å²) in [5.74, 6) is 1.33. The summed E-state index contributed by atoms with van der Waals surface area (Å²) in [5, 5.41) is 6.46. The molecule has 0 bridgehead atoms. The van der Waals surface area contributed by atoms with E-state index >= 15 is 0 Å². The van der Waals surface area contributed by atoms with Crippen molar-refractivity contribution >= 4 is 17.3 Å². The highest BCUT2D eigenvalue weighted by atomic mass is 16.5. The predicted octanol–water partition coefficient (Wildman–Crippen LogP) is 2.16. The van der Waals surface area contributed by atoms with Gasteiger partial charge in [-0.15, -0.1) is 0 Å². The Bertz CT molecular complexity index is 562. The van der Waals surface area contributed by atoms with Gasteiger partial charge in [-0.25, -0.2) is 9.97 Å². The molecular formula is C16H23N5O. The van der Waals surface area contributed by atoms with Crippen molar-refractivity contribution in [2.75, 3.05) is 43.2 Å². The molecule has 0 fully saturated rings. The van der Waals surface area contributed by atoms with Gasteiger partial charge in [0.15, 0.2) is 11.6 Å². The summed E-state index contributed by atoms with van der Waals surface area (Å²) in [6.45, 7) is 2.24. The van der Waals surface area contributed by atoms with E-state index in [0.717, 1.165) is 25.9 Å². The van der Waals surface area contributed by atoms with Gasteiger partial charge in [0.25, 0.3) is 0 Å². The smallest absolute Gasteiger partial charge is 0.154 e. The van der Waals surface area contributed by atoms with Crippen LogP contribution in [0.5, 0.6) is 0 Å². The first-order valence-corrected chi connectivity index (χ1v) is 7.42. The molecule has 6 heteroatoms. The predicted molar refractivity (Wildman–Crippen MR) is 90.1 cm³/mol. The molecule has 6 nitrogen and oxygen atoms in total. The number of anilines is 3. The molecule has 0 unspecified atom stereocenters. The molecule has 0 aliphatic rings. The molecule has 0 amide bonds. The molecule has 0 atom stereocenters. The third-order valence-electron chi connectivity index (χ3n) is 3.25. The lowest BCUT2D eigenvalue weighted by atomic mass is 10.1. The lowest BCUT2D eigenvalue weighted by molar-refractivity contribution is 0.198. The van der Waals surface area contributed by atoms with Gasteiger partial charge in [0.2, 0.25) is 0 Å². The SMILES string of the molecule is COCCCNc1ncnc(NCCc2ccccc2)c1N. The van der Waals surface area contributed by atoms with E-state index in [0.29, 0.717) is 23.9 Å². The van der Waals surface area contributed by atoms with E-state index in [4.69, 9.17) is 10.5 Å². The number of benzene rings is 1. The van der Waals surface area contributed by atoms with Crippen molar-refractivity contribution in [3.8, 4) is 0 Å². The zero-order valence-corrected chi connectivity index (χ0v) is 12.9. The zero-order chi connectivity index (χ0) is 15.6. The summed E-state index contributed by atoms with van der Waals surface area (Å²) in [6.07, 6.45) is 3.33. The monoisotopic (exact) mass is 301 g/mol. The number of methoxy groups -OCH3 is 1. The van der Waals surface area contributed by atoms with Crippen molar-refractivity contribution in [2.45, 2.75) is 12.8 Å². The number of nitrogens with one attached hydrogen (secondary N) is 2. The topological polar surface area (TPSA) is 85.1 Å². The van der Waals surface area contributed by atoms with Crippen molar-refractivity contribution in [2.24, 2.45) is 0 Å². The van der Waals surface area contributed by atoms with Crippen molar-refractivity contribution in [3.63, 3.8) is 0 Å². The number of nitrogens with zero attached hydrogens (tertiary/aromatic N) is 2. The molecule has 0 spiro atoms. The molecule has 1 aromatic carbocycles. The van der Waals surface area contributed by atoms with Crippen molar-refractivity contribution in [3.05, 3.63) is 42.2 Å². The quantitative estimate of drug-likeness (QED) is 0.615. The third kappa shape index (κ3) is 4.89. The molecule has 0 saturated carbocycles.